The van der Waals surface area contributed by atoms with Crippen molar-refractivity contribution >= 4 is 35.1 Å². The summed E-state index contributed by atoms with van der Waals surface area (Å²) in [5.74, 6) is 0.617. The Morgan fingerprint density at radius 2 is 1.94 bits per heavy atom. The molecule has 184 valence electrons. The summed E-state index contributed by atoms with van der Waals surface area (Å²) < 4.78 is 15.9. The van der Waals surface area contributed by atoms with Crippen molar-refractivity contribution in [2.45, 2.75) is 61.5 Å². The number of aliphatic hydroxyl groups is 1. The maximum Gasteiger partial charge on any atom is 0.408 e. The van der Waals surface area contributed by atoms with Crippen molar-refractivity contribution in [2.75, 3.05) is 20.5 Å². The number of rotatable bonds is 10. The van der Waals surface area contributed by atoms with Crippen molar-refractivity contribution in [2.24, 2.45) is 0 Å². The van der Waals surface area contributed by atoms with E-state index in [1.165, 1.54) is 11.8 Å². The maximum atomic E-state index is 12.2. The van der Waals surface area contributed by atoms with Crippen molar-refractivity contribution in [1.82, 2.24) is 5.32 Å². The van der Waals surface area contributed by atoms with Gasteiger partial charge in [-0.15, -0.1) is 0 Å². The Hall–Kier alpha value is -2.44. The minimum atomic E-state index is -0.854. The standard InChI is InChI=1S/C25H31ClN2O5S/c1-24(2,3)33-23(30)28-25(4,15-29)12-11-17-7-9-19(14-20(17)26)34-22-13-18(27-5)8-10-21(22)32-16-31-6/h7-10,13-14,29H,11-12,15-16H2,1-4,6H3,(H,28,30)/t25-/m0/s1. The Kier molecular flexibility index (Phi) is 10.1. The highest BCUT2D eigenvalue weighted by molar-refractivity contribution is 7.99. The van der Waals surface area contributed by atoms with Crippen molar-refractivity contribution in [3.8, 4) is 5.75 Å². The van der Waals surface area contributed by atoms with Gasteiger partial charge in [-0.2, -0.15) is 0 Å². The van der Waals surface area contributed by atoms with Gasteiger partial charge in [0.1, 0.15) is 11.4 Å². The summed E-state index contributed by atoms with van der Waals surface area (Å²) in [5, 5.41) is 13.2. The zero-order valence-electron chi connectivity index (χ0n) is 20.1. The van der Waals surface area contributed by atoms with Gasteiger partial charge in [-0.05, 0) is 70.4 Å². The molecule has 0 aromatic heterocycles. The predicted octanol–water partition coefficient (Wildman–Crippen LogP) is 6.23. The molecule has 0 spiro atoms. The fraction of sp³-hybridized carbons (Fsp3) is 0.440. The first-order valence-electron chi connectivity index (χ1n) is 10.7. The van der Waals surface area contributed by atoms with Crippen LogP contribution in [0.5, 0.6) is 5.75 Å². The number of aryl methyl sites for hydroxylation is 1. The van der Waals surface area contributed by atoms with E-state index in [-0.39, 0.29) is 13.4 Å². The summed E-state index contributed by atoms with van der Waals surface area (Å²) in [7, 11) is 1.55. The van der Waals surface area contributed by atoms with Gasteiger partial charge >= 0.3 is 6.09 Å². The van der Waals surface area contributed by atoms with Crippen LogP contribution in [0.25, 0.3) is 4.85 Å². The molecule has 0 aliphatic rings. The number of alkyl carbamates (subject to hydrolysis) is 1. The van der Waals surface area contributed by atoms with E-state index in [4.69, 9.17) is 32.4 Å². The van der Waals surface area contributed by atoms with E-state index in [9.17, 15) is 9.90 Å². The van der Waals surface area contributed by atoms with Crippen LogP contribution < -0.4 is 10.1 Å². The van der Waals surface area contributed by atoms with Gasteiger partial charge in [0.15, 0.2) is 12.5 Å². The second-order valence-electron chi connectivity index (χ2n) is 8.99. The second-order valence-corrected chi connectivity index (χ2v) is 10.5. The first-order chi connectivity index (χ1) is 16.0. The normalized spacial score (nSPS) is 13.0. The Bertz CT molecular complexity index is 1030. The van der Waals surface area contributed by atoms with Gasteiger partial charge in [-0.3, -0.25) is 0 Å². The number of halogens is 1. The monoisotopic (exact) mass is 506 g/mol. The molecule has 0 aliphatic carbocycles. The molecule has 2 aromatic rings. The highest BCUT2D eigenvalue weighted by Crippen LogP contribution is 2.39. The molecule has 9 heteroatoms. The average Bonchev–Trinajstić information content (AvgIpc) is 2.76. The first-order valence-corrected chi connectivity index (χ1v) is 11.9. The lowest BCUT2D eigenvalue weighted by atomic mass is 9.94. The molecule has 34 heavy (non-hydrogen) atoms. The number of ether oxygens (including phenoxy) is 3. The number of nitrogens with zero attached hydrogens (tertiary/aromatic N) is 1. The minimum Gasteiger partial charge on any atom is -0.466 e. The molecule has 0 unspecified atom stereocenters. The van der Waals surface area contributed by atoms with E-state index < -0.39 is 17.2 Å². The third-order valence-electron chi connectivity index (χ3n) is 4.74. The van der Waals surface area contributed by atoms with Crippen molar-refractivity contribution < 1.29 is 24.1 Å². The van der Waals surface area contributed by atoms with Crippen LogP contribution in [-0.4, -0.2) is 42.8 Å². The molecule has 1 atom stereocenters. The zero-order valence-corrected chi connectivity index (χ0v) is 21.7. The molecule has 0 bridgehead atoms. The molecule has 0 saturated heterocycles. The van der Waals surface area contributed by atoms with Crippen LogP contribution in [0.2, 0.25) is 5.02 Å². The summed E-state index contributed by atoms with van der Waals surface area (Å²) in [4.78, 5) is 17.3. The van der Waals surface area contributed by atoms with E-state index in [1.54, 1.807) is 53.0 Å². The van der Waals surface area contributed by atoms with Gasteiger partial charge in [-0.1, -0.05) is 35.5 Å². The lowest BCUT2D eigenvalue weighted by Crippen LogP contribution is -2.50. The van der Waals surface area contributed by atoms with Gasteiger partial charge < -0.3 is 24.6 Å². The second kappa shape index (κ2) is 12.3. The summed E-state index contributed by atoms with van der Waals surface area (Å²) in [6.45, 7) is 14.3. The molecule has 7 nitrogen and oxygen atoms in total. The smallest absolute Gasteiger partial charge is 0.408 e. The van der Waals surface area contributed by atoms with Crippen LogP contribution in [0.4, 0.5) is 10.5 Å². The molecule has 0 heterocycles. The van der Waals surface area contributed by atoms with Crippen LogP contribution in [-0.2, 0) is 15.9 Å². The molecule has 2 aromatic carbocycles. The number of methoxy groups -OCH3 is 1. The third kappa shape index (κ3) is 8.73. The zero-order chi connectivity index (χ0) is 25.4. The van der Waals surface area contributed by atoms with Gasteiger partial charge in [-0.25, -0.2) is 9.64 Å². The highest BCUT2D eigenvalue weighted by Gasteiger charge is 2.28. The number of aliphatic hydroxyl groups excluding tert-OH is 1. The SMILES string of the molecule is [C-]#[N+]c1ccc(OCOC)c(Sc2ccc(CC[C@@](C)(CO)NC(=O)OC(C)(C)C)c(Cl)c2)c1. The fourth-order valence-electron chi connectivity index (χ4n) is 2.95. The molecule has 1 amide bonds. The highest BCUT2D eigenvalue weighted by atomic mass is 35.5. The van der Waals surface area contributed by atoms with Crippen molar-refractivity contribution in [1.29, 1.82) is 0 Å². The largest absolute Gasteiger partial charge is 0.466 e. The lowest BCUT2D eigenvalue weighted by molar-refractivity contribution is 0.0406. The average molecular weight is 507 g/mol. The van der Waals surface area contributed by atoms with E-state index in [2.05, 4.69) is 10.2 Å². The summed E-state index contributed by atoms with van der Waals surface area (Å²) in [5.41, 5.74) is -0.0782. The number of nitrogens with one attached hydrogen (secondary N) is 1. The number of amides is 1. The molecule has 0 aliphatic heterocycles. The van der Waals surface area contributed by atoms with E-state index in [0.717, 1.165) is 15.4 Å². The van der Waals surface area contributed by atoms with Crippen molar-refractivity contribution in [3.63, 3.8) is 0 Å². The van der Waals surface area contributed by atoms with Crippen LogP contribution in [0, 0.1) is 6.57 Å². The van der Waals surface area contributed by atoms with Crippen LogP contribution in [0.3, 0.4) is 0 Å². The quantitative estimate of drug-likeness (QED) is 0.293. The van der Waals surface area contributed by atoms with Crippen LogP contribution in [0.1, 0.15) is 39.7 Å². The van der Waals surface area contributed by atoms with Gasteiger partial charge in [0.05, 0.1) is 18.7 Å². The predicted molar refractivity (Wildman–Crippen MR) is 134 cm³/mol. The number of hydrogen-bond acceptors (Lipinski definition) is 6. The maximum absolute atomic E-state index is 12.2. The van der Waals surface area contributed by atoms with E-state index >= 15 is 0 Å². The van der Waals surface area contributed by atoms with Gasteiger partial charge in [0, 0.05) is 21.9 Å². The molecular weight excluding hydrogens is 476 g/mol. The lowest BCUT2D eigenvalue weighted by Gasteiger charge is -2.30. The van der Waals surface area contributed by atoms with Gasteiger partial charge in [0.25, 0.3) is 0 Å². The molecule has 2 N–H and O–H groups in total. The van der Waals surface area contributed by atoms with Crippen LogP contribution in [0.15, 0.2) is 46.2 Å². The third-order valence-corrected chi connectivity index (χ3v) is 6.12. The topological polar surface area (TPSA) is 81.4 Å². The van der Waals surface area contributed by atoms with E-state index in [1.807, 2.05) is 18.2 Å². The van der Waals surface area contributed by atoms with Gasteiger partial charge in [0.2, 0.25) is 0 Å². The molecule has 0 fully saturated rings. The summed E-state index contributed by atoms with van der Waals surface area (Å²) in [6.07, 6.45) is 0.443. The van der Waals surface area contributed by atoms with Crippen molar-refractivity contribution in [3.05, 3.63) is 58.4 Å². The Balaban J connectivity index is 2.11. The van der Waals surface area contributed by atoms with E-state index in [0.29, 0.717) is 29.3 Å². The summed E-state index contributed by atoms with van der Waals surface area (Å²) >= 11 is 7.99. The molecule has 0 saturated carbocycles. The molecule has 0 radical (unpaired) electrons. The number of hydrogen-bond donors (Lipinski definition) is 2. The molecular formula is C25H31ClN2O5S. The Morgan fingerprint density at radius 1 is 1.21 bits per heavy atom. The fourth-order valence-corrected chi connectivity index (χ4v) is 4.26. The minimum absolute atomic E-state index is 0.103. The Morgan fingerprint density at radius 3 is 2.53 bits per heavy atom. The number of benzene rings is 2. The number of carbonyl (C=O) groups excluding carboxylic acids is 1. The summed E-state index contributed by atoms with van der Waals surface area (Å²) in [6, 6.07) is 10.9. The molecule has 2 rings (SSSR count). The number of carbonyl (C=O) groups is 1. The van der Waals surface area contributed by atoms with Crippen LogP contribution >= 0.6 is 23.4 Å². The first kappa shape index (κ1) is 27.8. The Labute approximate surface area is 210 Å².